The SMILES string of the molecule is CCCCC(C)NC(=O)c1nc(NC)ccc1Cl. The molecule has 1 aromatic rings. The van der Waals surface area contributed by atoms with Crippen LogP contribution in [0.3, 0.4) is 0 Å². The van der Waals surface area contributed by atoms with Crippen molar-refractivity contribution < 1.29 is 4.79 Å². The van der Waals surface area contributed by atoms with Gasteiger partial charge in [0.2, 0.25) is 0 Å². The largest absolute Gasteiger partial charge is 0.373 e. The molecule has 0 saturated heterocycles. The number of carbonyl (C=O) groups excluding carboxylic acids is 1. The van der Waals surface area contributed by atoms with Gasteiger partial charge in [-0.25, -0.2) is 4.98 Å². The second kappa shape index (κ2) is 7.21. The number of carbonyl (C=O) groups is 1. The number of rotatable bonds is 6. The minimum absolute atomic E-state index is 0.133. The van der Waals surface area contributed by atoms with Crippen molar-refractivity contribution in [2.24, 2.45) is 0 Å². The summed E-state index contributed by atoms with van der Waals surface area (Å²) < 4.78 is 0. The highest BCUT2D eigenvalue weighted by Crippen LogP contribution is 2.16. The molecule has 1 unspecified atom stereocenters. The van der Waals surface area contributed by atoms with Gasteiger partial charge in [-0.1, -0.05) is 31.4 Å². The first-order chi connectivity index (χ1) is 8.58. The molecule has 0 bridgehead atoms. The van der Waals surface area contributed by atoms with Crippen molar-refractivity contribution in [1.29, 1.82) is 0 Å². The first-order valence-corrected chi connectivity index (χ1v) is 6.61. The smallest absolute Gasteiger partial charge is 0.271 e. The third kappa shape index (κ3) is 4.18. The van der Waals surface area contributed by atoms with Gasteiger partial charge in [-0.05, 0) is 25.5 Å². The van der Waals surface area contributed by atoms with E-state index in [4.69, 9.17) is 11.6 Å². The maximum absolute atomic E-state index is 12.0. The lowest BCUT2D eigenvalue weighted by molar-refractivity contribution is 0.0933. The fraction of sp³-hybridized carbons (Fsp3) is 0.538. The van der Waals surface area contributed by atoms with Crippen molar-refractivity contribution in [3.8, 4) is 0 Å². The van der Waals surface area contributed by atoms with Crippen molar-refractivity contribution in [3.63, 3.8) is 0 Å². The highest BCUT2D eigenvalue weighted by atomic mass is 35.5. The van der Waals surface area contributed by atoms with E-state index in [1.54, 1.807) is 19.2 Å². The molecule has 0 aliphatic rings. The number of amides is 1. The number of anilines is 1. The average Bonchev–Trinajstić information content (AvgIpc) is 2.36. The minimum atomic E-state index is -0.222. The number of nitrogens with zero attached hydrogens (tertiary/aromatic N) is 1. The summed E-state index contributed by atoms with van der Waals surface area (Å²) in [7, 11) is 1.75. The lowest BCUT2D eigenvalue weighted by Crippen LogP contribution is -2.33. The summed E-state index contributed by atoms with van der Waals surface area (Å²) in [5.74, 6) is 0.409. The Kier molecular flexibility index (Phi) is 5.92. The predicted octanol–water partition coefficient (Wildman–Crippen LogP) is 3.09. The summed E-state index contributed by atoms with van der Waals surface area (Å²) in [6.45, 7) is 4.12. The Hall–Kier alpha value is -1.29. The van der Waals surface area contributed by atoms with Crippen LogP contribution in [0.25, 0.3) is 0 Å². The van der Waals surface area contributed by atoms with Crippen molar-refractivity contribution in [3.05, 3.63) is 22.8 Å². The number of halogens is 1. The van der Waals surface area contributed by atoms with Crippen LogP contribution in [0.2, 0.25) is 5.02 Å². The summed E-state index contributed by atoms with van der Waals surface area (Å²) >= 11 is 5.98. The summed E-state index contributed by atoms with van der Waals surface area (Å²) in [6.07, 6.45) is 3.18. The van der Waals surface area contributed by atoms with E-state index in [0.29, 0.717) is 10.8 Å². The molecule has 5 heteroatoms. The maximum Gasteiger partial charge on any atom is 0.271 e. The van der Waals surface area contributed by atoms with Crippen molar-refractivity contribution in [2.75, 3.05) is 12.4 Å². The molecule has 4 nitrogen and oxygen atoms in total. The van der Waals surface area contributed by atoms with Gasteiger partial charge in [0, 0.05) is 13.1 Å². The maximum atomic E-state index is 12.0. The summed E-state index contributed by atoms with van der Waals surface area (Å²) in [6, 6.07) is 3.54. The second-order valence-electron chi connectivity index (χ2n) is 4.29. The van der Waals surface area contributed by atoms with Crippen molar-refractivity contribution >= 4 is 23.3 Å². The number of nitrogens with one attached hydrogen (secondary N) is 2. The van der Waals surface area contributed by atoms with Gasteiger partial charge in [-0.3, -0.25) is 4.79 Å². The number of aromatic nitrogens is 1. The van der Waals surface area contributed by atoms with Crippen molar-refractivity contribution in [1.82, 2.24) is 10.3 Å². The van der Waals surface area contributed by atoms with Gasteiger partial charge < -0.3 is 10.6 Å². The van der Waals surface area contributed by atoms with E-state index in [1.807, 2.05) is 6.92 Å². The van der Waals surface area contributed by atoms with Gasteiger partial charge in [0.15, 0.2) is 0 Å². The van der Waals surface area contributed by atoms with E-state index in [1.165, 1.54) is 0 Å². The molecule has 0 radical (unpaired) electrons. The van der Waals surface area contributed by atoms with E-state index >= 15 is 0 Å². The molecule has 0 aromatic carbocycles. The number of hydrogen-bond acceptors (Lipinski definition) is 3. The molecule has 1 amide bonds. The Morgan fingerprint density at radius 3 is 2.83 bits per heavy atom. The molecule has 1 aromatic heterocycles. The molecule has 0 aliphatic carbocycles. The van der Waals surface area contributed by atoms with Crippen LogP contribution in [-0.2, 0) is 0 Å². The molecule has 0 fully saturated rings. The lowest BCUT2D eigenvalue weighted by Gasteiger charge is -2.14. The summed E-state index contributed by atoms with van der Waals surface area (Å²) in [5.41, 5.74) is 0.270. The third-order valence-corrected chi connectivity index (χ3v) is 2.99. The summed E-state index contributed by atoms with van der Waals surface area (Å²) in [4.78, 5) is 16.2. The highest BCUT2D eigenvalue weighted by Gasteiger charge is 2.15. The Morgan fingerprint density at radius 2 is 2.22 bits per heavy atom. The normalized spacial score (nSPS) is 12.0. The third-order valence-electron chi connectivity index (χ3n) is 2.69. The van der Waals surface area contributed by atoms with Gasteiger partial charge in [0.1, 0.15) is 11.5 Å². The Balaban J connectivity index is 2.71. The summed E-state index contributed by atoms with van der Waals surface area (Å²) in [5, 5.41) is 6.17. The van der Waals surface area contributed by atoms with E-state index < -0.39 is 0 Å². The van der Waals surface area contributed by atoms with E-state index in [-0.39, 0.29) is 17.6 Å². The first kappa shape index (κ1) is 14.8. The molecular weight excluding hydrogens is 250 g/mol. The number of hydrogen-bond donors (Lipinski definition) is 2. The quantitative estimate of drug-likeness (QED) is 0.834. The van der Waals surface area contributed by atoms with E-state index in [2.05, 4.69) is 22.5 Å². The second-order valence-corrected chi connectivity index (χ2v) is 4.70. The predicted molar refractivity (Wildman–Crippen MR) is 75.2 cm³/mol. The fourth-order valence-electron chi connectivity index (χ4n) is 1.62. The van der Waals surface area contributed by atoms with E-state index in [0.717, 1.165) is 19.3 Å². The Labute approximate surface area is 113 Å². The average molecular weight is 270 g/mol. The molecule has 100 valence electrons. The zero-order valence-electron chi connectivity index (χ0n) is 11.1. The highest BCUT2D eigenvalue weighted by molar-refractivity contribution is 6.33. The molecule has 18 heavy (non-hydrogen) atoms. The monoisotopic (exact) mass is 269 g/mol. The standard InChI is InChI=1S/C13H20ClN3O/c1-4-5-6-9(2)16-13(18)12-10(14)7-8-11(15-3)17-12/h7-9H,4-6H2,1-3H3,(H,15,17)(H,16,18). The topological polar surface area (TPSA) is 54.0 Å². The Bertz CT molecular complexity index is 409. The first-order valence-electron chi connectivity index (χ1n) is 6.23. The van der Waals surface area contributed by atoms with Gasteiger partial charge in [-0.15, -0.1) is 0 Å². The van der Waals surface area contributed by atoms with E-state index in [9.17, 15) is 4.79 Å². The van der Waals surface area contributed by atoms with Crippen LogP contribution < -0.4 is 10.6 Å². The molecule has 1 rings (SSSR count). The van der Waals surface area contributed by atoms with Crippen molar-refractivity contribution in [2.45, 2.75) is 39.2 Å². The molecule has 0 aliphatic heterocycles. The van der Waals surface area contributed by atoms with Crippen LogP contribution in [0.4, 0.5) is 5.82 Å². The molecule has 0 saturated carbocycles. The number of pyridine rings is 1. The van der Waals surface area contributed by atoms with Gasteiger partial charge >= 0.3 is 0 Å². The lowest BCUT2D eigenvalue weighted by atomic mass is 10.1. The molecular formula is C13H20ClN3O. The van der Waals surface area contributed by atoms with Crippen LogP contribution in [0.5, 0.6) is 0 Å². The van der Waals surface area contributed by atoms with Crippen LogP contribution >= 0.6 is 11.6 Å². The van der Waals surface area contributed by atoms with Gasteiger partial charge in [-0.2, -0.15) is 0 Å². The fourth-order valence-corrected chi connectivity index (χ4v) is 1.81. The van der Waals surface area contributed by atoms with Crippen LogP contribution in [0.15, 0.2) is 12.1 Å². The Morgan fingerprint density at radius 1 is 1.50 bits per heavy atom. The zero-order valence-corrected chi connectivity index (χ0v) is 11.8. The minimum Gasteiger partial charge on any atom is -0.373 e. The molecule has 1 atom stereocenters. The van der Waals surface area contributed by atoms with Crippen LogP contribution in [0, 0.1) is 0 Å². The van der Waals surface area contributed by atoms with Crippen LogP contribution in [-0.4, -0.2) is 24.0 Å². The van der Waals surface area contributed by atoms with Gasteiger partial charge in [0.25, 0.3) is 5.91 Å². The number of unbranched alkanes of at least 4 members (excludes halogenated alkanes) is 1. The molecule has 0 spiro atoms. The van der Waals surface area contributed by atoms with Gasteiger partial charge in [0.05, 0.1) is 5.02 Å². The zero-order chi connectivity index (χ0) is 13.5. The molecule has 1 heterocycles. The van der Waals surface area contributed by atoms with Crippen LogP contribution in [0.1, 0.15) is 43.6 Å². The molecule has 2 N–H and O–H groups in total.